The Hall–Kier alpha value is -0.970. The molecule has 1 heterocycles. The summed E-state index contributed by atoms with van der Waals surface area (Å²) in [6, 6.07) is 3.29. The fourth-order valence-corrected chi connectivity index (χ4v) is 1.37. The van der Waals surface area contributed by atoms with E-state index >= 15 is 0 Å². The van der Waals surface area contributed by atoms with Gasteiger partial charge in [0, 0.05) is 12.5 Å². The smallest absolute Gasteiger partial charge is 0.153 e. The molecule has 0 N–H and O–H groups in total. The maximum Gasteiger partial charge on any atom is 0.153 e. The second kappa shape index (κ2) is 2.96. The van der Waals surface area contributed by atoms with Crippen LogP contribution in [0.1, 0.15) is 5.69 Å². The second-order valence-electron chi connectivity index (χ2n) is 2.29. The molecule has 1 aromatic heterocycles. The van der Waals surface area contributed by atoms with Gasteiger partial charge in [0.15, 0.2) is 9.84 Å². The summed E-state index contributed by atoms with van der Waals surface area (Å²) in [6.45, 7) is 0. The Morgan fingerprint density at radius 1 is 1.55 bits per heavy atom. The number of nitrogens with zero attached hydrogens (tertiary/aromatic N) is 2. The van der Waals surface area contributed by atoms with Crippen LogP contribution < -0.4 is 0 Å². The van der Waals surface area contributed by atoms with Crippen molar-refractivity contribution in [2.75, 3.05) is 6.26 Å². The maximum atomic E-state index is 10.7. The number of aromatic nitrogens is 2. The molecule has 0 bridgehead atoms. The topological polar surface area (TPSA) is 59.9 Å². The molecule has 0 aliphatic carbocycles. The highest BCUT2D eigenvalue weighted by Gasteiger charge is 2.04. The van der Waals surface area contributed by atoms with Crippen molar-refractivity contribution < 1.29 is 8.42 Å². The molecular weight excluding hydrogens is 164 g/mol. The molecule has 0 amide bonds. The largest absolute Gasteiger partial charge is 0.229 e. The molecule has 0 saturated carbocycles. The predicted molar refractivity (Wildman–Crippen MR) is 40.6 cm³/mol. The average molecular weight is 172 g/mol. The number of hydrogen-bond donors (Lipinski definition) is 0. The third-order valence-corrected chi connectivity index (χ3v) is 1.86. The Morgan fingerprint density at radius 2 is 2.27 bits per heavy atom. The lowest BCUT2D eigenvalue weighted by Gasteiger charge is -1.94. The Kier molecular flexibility index (Phi) is 2.19. The van der Waals surface area contributed by atoms with Crippen molar-refractivity contribution in [1.29, 1.82) is 0 Å². The van der Waals surface area contributed by atoms with Crippen molar-refractivity contribution in [3.05, 3.63) is 24.0 Å². The average Bonchev–Trinajstić information content (AvgIpc) is 1.85. The molecule has 1 rings (SSSR count). The summed E-state index contributed by atoms with van der Waals surface area (Å²) < 4.78 is 21.5. The summed E-state index contributed by atoms with van der Waals surface area (Å²) in [4.78, 5) is 0. The van der Waals surface area contributed by atoms with Gasteiger partial charge in [-0.25, -0.2) is 8.42 Å². The molecule has 11 heavy (non-hydrogen) atoms. The highest BCUT2D eigenvalue weighted by molar-refractivity contribution is 7.89. The molecule has 60 valence electrons. The van der Waals surface area contributed by atoms with Crippen molar-refractivity contribution in [2.24, 2.45) is 0 Å². The Balaban J connectivity index is 2.82. The van der Waals surface area contributed by atoms with E-state index in [1.807, 2.05) is 0 Å². The first-order valence-corrected chi connectivity index (χ1v) is 5.08. The van der Waals surface area contributed by atoms with E-state index < -0.39 is 9.84 Å². The van der Waals surface area contributed by atoms with Crippen LogP contribution in [-0.4, -0.2) is 24.9 Å². The van der Waals surface area contributed by atoms with Crippen LogP contribution in [0.5, 0.6) is 0 Å². The normalized spacial score (nSPS) is 11.4. The third-order valence-electron chi connectivity index (χ3n) is 1.04. The lowest BCUT2D eigenvalue weighted by Crippen LogP contribution is -2.02. The van der Waals surface area contributed by atoms with Crippen LogP contribution in [0.3, 0.4) is 0 Å². The van der Waals surface area contributed by atoms with Gasteiger partial charge < -0.3 is 0 Å². The standard InChI is InChI=1S/C6H8N2O2S/c1-11(9,10)5-6-3-2-4-7-8-6/h2-4H,5H2,1H3. The lowest BCUT2D eigenvalue weighted by molar-refractivity contribution is 0.600. The van der Waals surface area contributed by atoms with E-state index in [1.165, 1.54) is 12.5 Å². The molecule has 5 heteroatoms. The fraction of sp³-hybridized carbons (Fsp3) is 0.333. The zero-order valence-electron chi connectivity index (χ0n) is 6.06. The van der Waals surface area contributed by atoms with Crippen molar-refractivity contribution in [2.45, 2.75) is 5.75 Å². The van der Waals surface area contributed by atoms with Crippen LogP contribution in [0.4, 0.5) is 0 Å². The van der Waals surface area contributed by atoms with Gasteiger partial charge in [-0.15, -0.1) is 0 Å². The predicted octanol–water partition coefficient (Wildman–Crippen LogP) is 0.0212. The molecular formula is C6H8N2O2S. The molecule has 0 spiro atoms. The zero-order valence-corrected chi connectivity index (χ0v) is 6.87. The molecule has 0 aliphatic rings. The van der Waals surface area contributed by atoms with Crippen LogP contribution in [-0.2, 0) is 15.6 Å². The van der Waals surface area contributed by atoms with Gasteiger partial charge in [-0.2, -0.15) is 10.2 Å². The molecule has 0 radical (unpaired) electrons. The van der Waals surface area contributed by atoms with Gasteiger partial charge in [0.2, 0.25) is 0 Å². The SMILES string of the molecule is CS(=O)(=O)Cc1cccnn1. The Bertz CT molecular complexity index is 320. The lowest BCUT2D eigenvalue weighted by atomic mass is 10.4. The quantitative estimate of drug-likeness (QED) is 0.631. The summed E-state index contributed by atoms with van der Waals surface area (Å²) in [5, 5.41) is 7.19. The third kappa shape index (κ3) is 3.08. The minimum Gasteiger partial charge on any atom is -0.229 e. The summed E-state index contributed by atoms with van der Waals surface area (Å²) in [6.07, 6.45) is 2.67. The summed E-state index contributed by atoms with van der Waals surface area (Å²) in [5.41, 5.74) is 0.481. The number of hydrogen-bond acceptors (Lipinski definition) is 4. The molecule has 0 fully saturated rings. The van der Waals surface area contributed by atoms with Crippen molar-refractivity contribution in [3.63, 3.8) is 0 Å². The molecule has 4 nitrogen and oxygen atoms in total. The first kappa shape index (κ1) is 8.13. The Labute approximate surface area is 65.2 Å². The Morgan fingerprint density at radius 3 is 2.73 bits per heavy atom. The van der Waals surface area contributed by atoms with E-state index in [4.69, 9.17) is 0 Å². The molecule has 0 atom stereocenters. The fourth-order valence-electron chi connectivity index (χ4n) is 0.679. The second-order valence-corrected chi connectivity index (χ2v) is 4.43. The van der Waals surface area contributed by atoms with E-state index in [0.29, 0.717) is 5.69 Å². The van der Waals surface area contributed by atoms with E-state index in [-0.39, 0.29) is 5.75 Å². The van der Waals surface area contributed by atoms with Crippen molar-refractivity contribution in [1.82, 2.24) is 10.2 Å². The van der Waals surface area contributed by atoms with Crippen LogP contribution in [0.25, 0.3) is 0 Å². The van der Waals surface area contributed by atoms with Gasteiger partial charge in [-0.1, -0.05) is 0 Å². The van der Waals surface area contributed by atoms with Crippen molar-refractivity contribution >= 4 is 9.84 Å². The van der Waals surface area contributed by atoms with Gasteiger partial charge in [0.1, 0.15) is 0 Å². The van der Waals surface area contributed by atoms with Crippen LogP contribution in [0.2, 0.25) is 0 Å². The summed E-state index contributed by atoms with van der Waals surface area (Å²) in [5.74, 6) is -0.0408. The van der Waals surface area contributed by atoms with Crippen LogP contribution in [0.15, 0.2) is 18.3 Å². The summed E-state index contributed by atoms with van der Waals surface area (Å²) in [7, 11) is -2.98. The molecule has 0 saturated heterocycles. The molecule has 0 aliphatic heterocycles. The van der Waals surface area contributed by atoms with Gasteiger partial charge >= 0.3 is 0 Å². The minimum absolute atomic E-state index is 0.0408. The minimum atomic E-state index is -2.98. The van der Waals surface area contributed by atoms with Gasteiger partial charge in [0.05, 0.1) is 11.4 Å². The summed E-state index contributed by atoms with van der Waals surface area (Å²) >= 11 is 0. The van der Waals surface area contributed by atoms with Gasteiger partial charge in [-0.05, 0) is 12.1 Å². The van der Waals surface area contributed by atoms with Crippen LogP contribution in [0, 0.1) is 0 Å². The number of sulfone groups is 1. The molecule has 0 aromatic carbocycles. The highest BCUT2D eigenvalue weighted by Crippen LogP contribution is 1.97. The van der Waals surface area contributed by atoms with E-state index in [1.54, 1.807) is 12.1 Å². The van der Waals surface area contributed by atoms with Crippen molar-refractivity contribution in [3.8, 4) is 0 Å². The first-order chi connectivity index (χ1) is 5.08. The first-order valence-electron chi connectivity index (χ1n) is 3.02. The van der Waals surface area contributed by atoms with E-state index in [9.17, 15) is 8.42 Å². The molecule has 1 aromatic rings. The van der Waals surface area contributed by atoms with Gasteiger partial charge in [-0.3, -0.25) is 0 Å². The van der Waals surface area contributed by atoms with E-state index in [2.05, 4.69) is 10.2 Å². The molecule has 0 unspecified atom stereocenters. The highest BCUT2D eigenvalue weighted by atomic mass is 32.2. The maximum absolute atomic E-state index is 10.7. The monoisotopic (exact) mass is 172 g/mol. The van der Waals surface area contributed by atoms with Gasteiger partial charge in [0.25, 0.3) is 0 Å². The van der Waals surface area contributed by atoms with E-state index in [0.717, 1.165) is 0 Å². The number of rotatable bonds is 2. The van der Waals surface area contributed by atoms with Crippen LogP contribution >= 0.6 is 0 Å². The zero-order chi connectivity index (χ0) is 8.32.